The molecule has 0 amide bonds. The van der Waals surface area contributed by atoms with Crippen molar-refractivity contribution in [3.8, 4) is 11.8 Å². The molecule has 0 saturated carbocycles. The van der Waals surface area contributed by atoms with Crippen LogP contribution in [-0.2, 0) is 0 Å². The van der Waals surface area contributed by atoms with Gasteiger partial charge >= 0.3 is 5.00 Å². The second-order valence-corrected chi connectivity index (χ2v) is 3.44. The molecule has 0 atom stereocenters. The fourth-order valence-electron chi connectivity index (χ4n) is 0.862. The van der Waals surface area contributed by atoms with E-state index in [2.05, 4.69) is 11.8 Å². The average molecular weight is 181 g/mol. The van der Waals surface area contributed by atoms with E-state index in [1.807, 2.05) is 6.92 Å². The molecule has 0 aliphatic heterocycles. The van der Waals surface area contributed by atoms with Gasteiger partial charge in [0.05, 0.1) is 4.92 Å². The number of thiophene rings is 1. The molecule has 0 unspecified atom stereocenters. The molecule has 1 aromatic heterocycles. The van der Waals surface area contributed by atoms with Gasteiger partial charge in [-0.15, -0.1) is 5.92 Å². The molecule has 0 N–H and O–H groups in total. The van der Waals surface area contributed by atoms with Crippen molar-refractivity contribution < 1.29 is 4.92 Å². The van der Waals surface area contributed by atoms with Crippen molar-refractivity contribution in [3.63, 3.8) is 0 Å². The highest BCUT2D eigenvalue weighted by Crippen LogP contribution is 2.28. The lowest BCUT2D eigenvalue weighted by Crippen LogP contribution is -1.85. The monoisotopic (exact) mass is 181 g/mol. The Morgan fingerprint density at radius 1 is 1.67 bits per heavy atom. The van der Waals surface area contributed by atoms with Crippen LogP contribution in [0.5, 0.6) is 0 Å². The van der Waals surface area contributed by atoms with E-state index in [4.69, 9.17) is 0 Å². The van der Waals surface area contributed by atoms with Crippen LogP contribution in [0, 0.1) is 28.9 Å². The van der Waals surface area contributed by atoms with Crippen LogP contribution in [-0.4, -0.2) is 4.92 Å². The Hall–Kier alpha value is -1.34. The number of aryl methyl sites for hydroxylation is 1. The van der Waals surface area contributed by atoms with E-state index in [0.717, 1.165) is 16.2 Å². The van der Waals surface area contributed by atoms with Gasteiger partial charge in [0.2, 0.25) is 0 Å². The summed E-state index contributed by atoms with van der Waals surface area (Å²) in [6.45, 7) is 3.50. The molecule has 12 heavy (non-hydrogen) atoms. The summed E-state index contributed by atoms with van der Waals surface area (Å²) in [4.78, 5) is 11.0. The molecule has 0 bridgehead atoms. The van der Waals surface area contributed by atoms with Crippen molar-refractivity contribution in [2.24, 2.45) is 0 Å². The molecule has 0 aromatic carbocycles. The predicted octanol–water partition coefficient (Wildman–Crippen LogP) is 2.34. The van der Waals surface area contributed by atoms with Gasteiger partial charge in [0, 0.05) is 4.88 Å². The molecule has 3 nitrogen and oxygen atoms in total. The van der Waals surface area contributed by atoms with E-state index in [1.54, 1.807) is 13.0 Å². The van der Waals surface area contributed by atoms with E-state index in [0.29, 0.717) is 5.56 Å². The Morgan fingerprint density at radius 2 is 2.33 bits per heavy atom. The van der Waals surface area contributed by atoms with Crippen LogP contribution in [0.15, 0.2) is 6.07 Å². The summed E-state index contributed by atoms with van der Waals surface area (Å²) in [5.41, 5.74) is 0.519. The smallest absolute Gasteiger partial charge is 0.258 e. The van der Waals surface area contributed by atoms with Crippen molar-refractivity contribution in [2.75, 3.05) is 0 Å². The van der Waals surface area contributed by atoms with Crippen molar-refractivity contribution in [1.29, 1.82) is 0 Å². The maximum atomic E-state index is 10.5. The largest absolute Gasteiger partial charge is 0.339 e. The summed E-state index contributed by atoms with van der Waals surface area (Å²) in [6.07, 6.45) is 0. The summed E-state index contributed by atoms with van der Waals surface area (Å²) in [5.74, 6) is 5.34. The maximum absolute atomic E-state index is 10.5. The van der Waals surface area contributed by atoms with Crippen molar-refractivity contribution >= 4 is 16.3 Å². The molecule has 0 spiro atoms. The Balaban J connectivity index is 3.23. The maximum Gasteiger partial charge on any atom is 0.339 e. The highest BCUT2D eigenvalue weighted by atomic mass is 32.1. The molecule has 62 valence electrons. The highest BCUT2D eigenvalue weighted by molar-refractivity contribution is 7.15. The number of nitrogens with zero attached hydrogens (tertiary/aromatic N) is 1. The third-order valence-electron chi connectivity index (χ3n) is 1.26. The van der Waals surface area contributed by atoms with Gasteiger partial charge in [-0.3, -0.25) is 10.1 Å². The quantitative estimate of drug-likeness (QED) is 0.379. The SMILES string of the molecule is CC#Cc1cc(C)sc1[N+](=O)[O-]. The Kier molecular flexibility index (Phi) is 2.46. The van der Waals surface area contributed by atoms with Crippen LogP contribution in [0.2, 0.25) is 0 Å². The highest BCUT2D eigenvalue weighted by Gasteiger charge is 2.15. The van der Waals surface area contributed by atoms with Gasteiger partial charge in [0.25, 0.3) is 0 Å². The van der Waals surface area contributed by atoms with Crippen LogP contribution in [0.4, 0.5) is 5.00 Å². The molecular weight excluding hydrogens is 174 g/mol. The van der Waals surface area contributed by atoms with E-state index < -0.39 is 4.92 Å². The third kappa shape index (κ3) is 1.63. The molecule has 0 aliphatic rings. The van der Waals surface area contributed by atoms with Crippen LogP contribution < -0.4 is 0 Å². The lowest BCUT2D eigenvalue weighted by atomic mass is 10.3. The van der Waals surface area contributed by atoms with Gasteiger partial charge in [-0.1, -0.05) is 17.3 Å². The third-order valence-corrected chi connectivity index (χ3v) is 2.26. The summed E-state index contributed by atoms with van der Waals surface area (Å²) in [6, 6.07) is 1.74. The topological polar surface area (TPSA) is 43.1 Å². The first-order valence-electron chi connectivity index (χ1n) is 3.32. The Bertz CT molecular complexity index is 370. The van der Waals surface area contributed by atoms with Crippen molar-refractivity contribution in [1.82, 2.24) is 0 Å². The minimum Gasteiger partial charge on any atom is -0.258 e. The van der Waals surface area contributed by atoms with Crippen molar-refractivity contribution in [2.45, 2.75) is 13.8 Å². The second kappa shape index (κ2) is 3.37. The Morgan fingerprint density at radius 3 is 2.83 bits per heavy atom. The van der Waals surface area contributed by atoms with E-state index >= 15 is 0 Å². The fraction of sp³-hybridized carbons (Fsp3) is 0.250. The van der Waals surface area contributed by atoms with Crippen LogP contribution in [0.3, 0.4) is 0 Å². The first-order chi connectivity index (χ1) is 5.65. The summed E-state index contributed by atoms with van der Waals surface area (Å²) >= 11 is 1.16. The van der Waals surface area contributed by atoms with Crippen LogP contribution in [0.1, 0.15) is 17.4 Å². The molecule has 1 rings (SSSR count). The van der Waals surface area contributed by atoms with Gasteiger partial charge in [-0.05, 0) is 19.9 Å². The fourth-order valence-corrected chi connectivity index (χ4v) is 1.64. The van der Waals surface area contributed by atoms with E-state index in [9.17, 15) is 10.1 Å². The van der Waals surface area contributed by atoms with Gasteiger partial charge in [-0.2, -0.15) is 0 Å². The lowest BCUT2D eigenvalue weighted by Gasteiger charge is -1.83. The number of nitro groups is 1. The minimum atomic E-state index is -0.392. The zero-order chi connectivity index (χ0) is 9.14. The number of rotatable bonds is 1. The summed E-state index contributed by atoms with van der Waals surface area (Å²) in [5, 5.41) is 10.6. The van der Waals surface area contributed by atoms with Gasteiger partial charge in [0.15, 0.2) is 0 Å². The average Bonchev–Trinajstić information content (AvgIpc) is 2.32. The van der Waals surface area contributed by atoms with Gasteiger partial charge < -0.3 is 0 Å². The molecular formula is C8H7NO2S. The van der Waals surface area contributed by atoms with Crippen molar-refractivity contribution in [3.05, 3.63) is 26.6 Å². The summed E-state index contributed by atoms with van der Waals surface area (Å²) < 4.78 is 0. The van der Waals surface area contributed by atoms with Crippen LogP contribution in [0.25, 0.3) is 0 Å². The van der Waals surface area contributed by atoms with Gasteiger partial charge in [-0.25, -0.2) is 0 Å². The zero-order valence-corrected chi connectivity index (χ0v) is 7.57. The molecule has 1 aromatic rings. The van der Waals surface area contributed by atoms with E-state index in [-0.39, 0.29) is 5.00 Å². The van der Waals surface area contributed by atoms with E-state index in [1.165, 1.54) is 0 Å². The first kappa shape index (κ1) is 8.75. The number of hydrogen-bond acceptors (Lipinski definition) is 3. The molecule has 0 aliphatic carbocycles. The zero-order valence-electron chi connectivity index (χ0n) is 6.75. The predicted molar refractivity (Wildman–Crippen MR) is 48.3 cm³/mol. The van der Waals surface area contributed by atoms with Crippen LogP contribution >= 0.6 is 11.3 Å². The minimum absolute atomic E-state index is 0.141. The number of hydrogen-bond donors (Lipinski definition) is 0. The molecule has 0 fully saturated rings. The second-order valence-electron chi connectivity index (χ2n) is 2.21. The molecule has 1 heterocycles. The lowest BCUT2D eigenvalue weighted by molar-refractivity contribution is -0.380. The molecule has 0 saturated heterocycles. The first-order valence-corrected chi connectivity index (χ1v) is 4.14. The molecule has 0 radical (unpaired) electrons. The Labute approximate surface area is 74.2 Å². The standard InChI is InChI=1S/C8H7NO2S/c1-3-4-7-5-6(2)12-8(7)9(10)11/h5H,1-2H3. The summed E-state index contributed by atoms with van der Waals surface area (Å²) in [7, 11) is 0. The van der Waals surface area contributed by atoms with Gasteiger partial charge in [0.1, 0.15) is 5.56 Å². The normalized spacial score (nSPS) is 8.83. The molecule has 4 heteroatoms.